The molecule has 0 spiro atoms. The topological polar surface area (TPSA) is 81.9 Å². The van der Waals surface area contributed by atoms with Gasteiger partial charge in [0, 0.05) is 6.04 Å². The van der Waals surface area contributed by atoms with E-state index >= 15 is 0 Å². The normalized spacial score (nSPS) is 11.1. The van der Waals surface area contributed by atoms with Crippen LogP contribution in [0.2, 0.25) is 0 Å². The van der Waals surface area contributed by atoms with E-state index in [9.17, 15) is 0 Å². The van der Waals surface area contributed by atoms with Crippen molar-refractivity contribution < 1.29 is 0 Å². The van der Waals surface area contributed by atoms with Crippen molar-refractivity contribution >= 4 is 22.4 Å². The molecule has 0 bridgehead atoms. The van der Waals surface area contributed by atoms with Gasteiger partial charge in [0.05, 0.1) is 11.4 Å². The minimum atomic E-state index is 0.309. The Morgan fingerprint density at radius 1 is 1.27 bits per heavy atom. The molecule has 5 heteroatoms. The minimum absolute atomic E-state index is 0.309. The van der Waals surface area contributed by atoms with Gasteiger partial charge in [-0.25, -0.2) is 9.66 Å². The Balaban J connectivity index is 2.62. The number of anilines is 2. The average molecular weight is 205 g/mol. The van der Waals surface area contributed by atoms with Crippen LogP contribution in [-0.2, 0) is 0 Å². The van der Waals surface area contributed by atoms with E-state index in [4.69, 9.17) is 11.5 Å². The molecule has 0 aliphatic heterocycles. The Bertz CT molecular complexity index is 486. The summed E-state index contributed by atoms with van der Waals surface area (Å²) in [5.74, 6) is 0. The van der Waals surface area contributed by atoms with Crippen molar-refractivity contribution in [3.05, 3.63) is 18.5 Å². The lowest BCUT2D eigenvalue weighted by Gasteiger charge is -2.12. The predicted octanol–water partition coefficient (Wildman–Crippen LogP) is 1.15. The molecule has 1 aromatic carbocycles. The molecule has 2 aromatic rings. The van der Waals surface area contributed by atoms with Crippen molar-refractivity contribution in [3.8, 4) is 0 Å². The summed E-state index contributed by atoms with van der Waals surface area (Å²) in [6.45, 7) is 4.10. The molecule has 1 heterocycles. The fraction of sp³-hybridized carbons (Fsp3) is 0.300. The van der Waals surface area contributed by atoms with Gasteiger partial charge in [0.15, 0.2) is 0 Å². The molecular weight excluding hydrogens is 190 g/mol. The smallest absolute Gasteiger partial charge is 0.116 e. The number of imidazole rings is 1. The van der Waals surface area contributed by atoms with Crippen LogP contribution in [-0.4, -0.2) is 15.7 Å². The van der Waals surface area contributed by atoms with Gasteiger partial charge in [0.1, 0.15) is 17.4 Å². The molecule has 5 nitrogen and oxygen atoms in total. The number of nitrogens with two attached hydrogens (primary N) is 2. The third-order valence-electron chi connectivity index (χ3n) is 2.15. The standard InChI is InChI=1S/C10H15N5/c1-6(2)14-15-5-13-9-7(11)3-4-8(12)10(9)15/h3-6,14H,11-12H2,1-2H3. The second-order valence-electron chi connectivity index (χ2n) is 3.84. The van der Waals surface area contributed by atoms with E-state index < -0.39 is 0 Å². The highest BCUT2D eigenvalue weighted by Gasteiger charge is 2.09. The molecule has 5 N–H and O–H groups in total. The summed E-state index contributed by atoms with van der Waals surface area (Å²) in [5.41, 5.74) is 17.8. The summed E-state index contributed by atoms with van der Waals surface area (Å²) in [4.78, 5) is 4.23. The molecule has 0 unspecified atom stereocenters. The zero-order chi connectivity index (χ0) is 11.0. The third kappa shape index (κ3) is 1.56. The number of nitrogens with one attached hydrogen (secondary N) is 1. The predicted molar refractivity (Wildman–Crippen MR) is 63.1 cm³/mol. The van der Waals surface area contributed by atoms with Gasteiger partial charge in [-0.15, -0.1) is 0 Å². The largest absolute Gasteiger partial charge is 0.397 e. The van der Waals surface area contributed by atoms with E-state index in [0.717, 1.165) is 11.0 Å². The summed E-state index contributed by atoms with van der Waals surface area (Å²) < 4.78 is 1.81. The number of hydrogen-bond donors (Lipinski definition) is 3. The number of benzene rings is 1. The second kappa shape index (κ2) is 3.34. The number of aromatic nitrogens is 2. The zero-order valence-corrected chi connectivity index (χ0v) is 8.86. The Morgan fingerprint density at radius 3 is 2.60 bits per heavy atom. The van der Waals surface area contributed by atoms with Gasteiger partial charge >= 0.3 is 0 Å². The molecule has 0 radical (unpaired) electrons. The molecule has 0 saturated heterocycles. The maximum atomic E-state index is 5.89. The van der Waals surface area contributed by atoms with Gasteiger partial charge in [-0.2, -0.15) is 0 Å². The van der Waals surface area contributed by atoms with Crippen molar-refractivity contribution in [2.75, 3.05) is 16.9 Å². The minimum Gasteiger partial charge on any atom is -0.397 e. The molecule has 80 valence electrons. The van der Waals surface area contributed by atoms with Crippen LogP contribution in [0.5, 0.6) is 0 Å². The van der Waals surface area contributed by atoms with Crippen molar-refractivity contribution in [2.24, 2.45) is 0 Å². The van der Waals surface area contributed by atoms with Crippen molar-refractivity contribution in [1.29, 1.82) is 0 Å². The highest BCUT2D eigenvalue weighted by molar-refractivity contribution is 5.95. The second-order valence-corrected chi connectivity index (χ2v) is 3.84. The van der Waals surface area contributed by atoms with Crippen LogP contribution in [0.4, 0.5) is 11.4 Å². The number of hydrogen-bond acceptors (Lipinski definition) is 4. The molecule has 15 heavy (non-hydrogen) atoms. The molecule has 0 amide bonds. The SMILES string of the molecule is CC(C)Nn1cnc2c(N)ccc(N)c21. The lowest BCUT2D eigenvalue weighted by Crippen LogP contribution is -2.21. The highest BCUT2D eigenvalue weighted by atomic mass is 15.4. The van der Waals surface area contributed by atoms with Gasteiger partial charge in [-0.3, -0.25) is 0 Å². The third-order valence-corrected chi connectivity index (χ3v) is 2.15. The van der Waals surface area contributed by atoms with Crippen LogP contribution in [0.25, 0.3) is 11.0 Å². The summed E-state index contributed by atoms with van der Waals surface area (Å²) >= 11 is 0. The first-order chi connectivity index (χ1) is 7.09. The fourth-order valence-electron chi connectivity index (χ4n) is 1.55. The summed E-state index contributed by atoms with van der Waals surface area (Å²) in [5, 5.41) is 0. The molecule has 0 aliphatic carbocycles. The van der Waals surface area contributed by atoms with Crippen LogP contribution < -0.4 is 16.9 Å². The monoisotopic (exact) mass is 205 g/mol. The lowest BCUT2D eigenvalue weighted by molar-refractivity contribution is 0.750. The average Bonchev–Trinajstić information content (AvgIpc) is 2.56. The van der Waals surface area contributed by atoms with Crippen LogP contribution in [0.3, 0.4) is 0 Å². The Kier molecular flexibility index (Phi) is 2.15. The number of nitrogens with zero attached hydrogens (tertiary/aromatic N) is 2. The van der Waals surface area contributed by atoms with Gasteiger partial charge in [-0.05, 0) is 26.0 Å². The van der Waals surface area contributed by atoms with E-state index in [1.165, 1.54) is 0 Å². The molecule has 0 atom stereocenters. The number of nitrogen functional groups attached to an aromatic ring is 2. The van der Waals surface area contributed by atoms with E-state index in [0.29, 0.717) is 17.4 Å². The Labute approximate surface area is 88.0 Å². The first-order valence-corrected chi connectivity index (χ1v) is 4.87. The van der Waals surface area contributed by atoms with Gasteiger partial charge in [-0.1, -0.05) is 0 Å². The van der Waals surface area contributed by atoms with E-state index in [1.54, 1.807) is 18.5 Å². The summed E-state index contributed by atoms with van der Waals surface area (Å²) in [6.07, 6.45) is 1.69. The Morgan fingerprint density at radius 2 is 1.93 bits per heavy atom. The van der Waals surface area contributed by atoms with Gasteiger partial charge in [0.2, 0.25) is 0 Å². The van der Waals surface area contributed by atoms with Crippen LogP contribution in [0.1, 0.15) is 13.8 Å². The molecule has 1 aromatic heterocycles. The summed E-state index contributed by atoms with van der Waals surface area (Å²) in [6, 6.07) is 3.87. The van der Waals surface area contributed by atoms with Crippen molar-refractivity contribution in [1.82, 2.24) is 9.66 Å². The maximum absolute atomic E-state index is 5.89. The molecule has 2 rings (SSSR count). The molecule has 0 saturated carbocycles. The molecular formula is C10H15N5. The van der Waals surface area contributed by atoms with Crippen molar-refractivity contribution in [3.63, 3.8) is 0 Å². The lowest BCUT2D eigenvalue weighted by atomic mass is 10.2. The van der Waals surface area contributed by atoms with Gasteiger partial charge in [0.25, 0.3) is 0 Å². The maximum Gasteiger partial charge on any atom is 0.116 e. The van der Waals surface area contributed by atoms with E-state index in [1.807, 2.05) is 18.5 Å². The first-order valence-electron chi connectivity index (χ1n) is 4.87. The molecule has 0 fully saturated rings. The van der Waals surface area contributed by atoms with Crippen LogP contribution in [0.15, 0.2) is 18.5 Å². The van der Waals surface area contributed by atoms with Crippen molar-refractivity contribution in [2.45, 2.75) is 19.9 Å². The quantitative estimate of drug-likeness (QED) is 0.642. The Hall–Kier alpha value is -1.91. The zero-order valence-electron chi connectivity index (χ0n) is 8.86. The van der Waals surface area contributed by atoms with Crippen LogP contribution >= 0.6 is 0 Å². The van der Waals surface area contributed by atoms with Crippen LogP contribution in [0, 0.1) is 0 Å². The molecule has 0 aliphatic rings. The number of fused-ring (bicyclic) bond motifs is 1. The van der Waals surface area contributed by atoms with E-state index in [-0.39, 0.29) is 0 Å². The van der Waals surface area contributed by atoms with Gasteiger partial charge < -0.3 is 16.9 Å². The fourth-order valence-corrected chi connectivity index (χ4v) is 1.55. The number of rotatable bonds is 2. The first kappa shape index (κ1) is 9.64. The highest BCUT2D eigenvalue weighted by Crippen LogP contribution is 2.24. The van der Waals surface area contributed by atoms with E-state index in [2.05, 4.69) is 10.4 Å². The summed E-state index contributed by atoms with van der Waals surface area (Å²) in [7, 11) is 0.